The van der Waals surface area contributed by atoms with E-state index >= 15 is 0 Å². The number of hydrogen-bond acceptors (Lipinski definition) is 7. The summed E-state index contributed by atoms with van der Waals surface area (Å²) >= 11 is 1.17. The quantitative estimate of drug-likeness (QED) is 0.235. The number of benzene rings is 3. The fourth-order valence-corrected chi connectivity index (χ4v) is 4.58. The molecule has 0 aromatic heterocycles. The number of aryl methyl sites for hydroxylation is 1. The van der Waals surface area contributed by atoms with Crippen LogP contribution in [0.4, 0.5) is 17.1 Å². The Bertz CT molecular complexity index is 1400. The lowest BCUT2D eigenvalue weighted by atomic mass is 10.2. The predicted octanol–water partition coefficient (Wildman–Crippen LogP) is 5.35. The lowest BCUT2D eigenvalue weighted by molar-refractivity contribution is -0.384. The Morgan fingerprint density at radius 2 is 1.49 bits per heavy atom. The van der Waals surface area contributed by atoms with E-state index in [0.29, 0.717) is 21.2 Å². The number of carbonyl (C=O) groups excluding carboxylic acids is 3. The van der Waals surface area contributed by atoms with Crippen molar-refractivity contribution >= 4 is 46.5 Å². The third-order valence-electron chi connectivity index (χ3n) is 5.58. The number of nitrogens with zero attached hydrogens (tertiary/aromatic N) is 2. The van der Waals surface area contributed by atoms with Crippen LogP contribution in [0.1, 0.15) is 29.8 Å². The van der Waals surface area contributed by atoms with Crippen molar-refractivity contribution in [2.45, 2.75) is 31.7 Å². The number of anilines is 2. The summed E-state index contributed by atoms with van der Waals surface area (Å²) in [6, 6.07) is 19.4. The highest BCUT2D eigenvalue weighted by atomic mass is 32.2. The van der Waals surface area contributed by atoms with Crippen LogP contribution in [0.5, 0.6) is 0 Å². The number of nitrogens with one attached hydrogen (secondary N) is 2. The molecule has 0 saturated carbocycles. The van der Waals surface area contributed by atoms with Crippen molar-refractivity contribution in [3.63, 3.8) is 0 Å². The van der Waals surface area contributed by atoms with Gasteiger partial charge in [0, 0.05) is 40.0 Å². The molecule has 188 valence electrons. The summed E-state index contributed by atoms with van der Waals surface area (Å²) in [5, 5.41) is 16.7. The van der Waals surface area contributed by atoms with E-state index in [1.54, 1.807) is 38.1 Å². The molecule has 3 aromatic carbocycles. The number of nitro groups is 1. The topological polar surface area (TPSA) is 122 Å². The zero-order chi connectivity index (χ0) is 26.7. The normalized spacial score (nSPS) is 13.4. The maximum absolute atomic E-state index is 13.1. The van der Waals surface area contributed by atoms with Gasteiger partial charge in [-0.05, 0) is 69.3 Å². The van der Waals surface area contributed by atoms with E-state index in [2.05, 4.69) is 10.6 Å². The predicted molar refractivity (Wildman–Crippen MR) is 142 cm³/mol. The molecule has 10 heteroatoms. The second kappa shape index (κ2) is 10.7. The van der Waals surface area contributed by atoms with Gasteiger partial charge >= 0.3 is 0 Å². The van der Waals surface area contributed by atoms with Crippen molar-refractivity contribution in [1.82, 2.24) is 4.90 Å². The number of rotatable bonds is 8. The summed E-state index contributed by atoms with van der Waals surface area (Å²) in [5.41, 5.74) is 2.70. The zero-order valence-electron chi connectivity index (χ0n) is 20.3. The molecule has 1 aliphatic heterocycles. The molecule has 1 heterocycles. The maximum atomic E-state index is 13.1. The minimum atomic E-state index is -0.529. The summed E-state index contributed by atoms with van der Waals surface area (Å²) in [4.78, 5) is 51.2. The van der Waals surface area contributed by atoms with Gasteiger partial charge < -0.3 is 10.6 Å². The highest BCUT2D eigenvalue weighted by molar-refractivity contribution is 8.04. The number of hydrogen-bond donors (Lipinski definition) is 2. The van der Waals surface area contributed by atoms with E-state index in [0.717, 1.165) is 5.56 Å². The lowest BCUT2D eigenvalue weighted by Gasteiger charge is -2.19. The smallest absolute Gasteiger partial charge is 0.278 e. The first kappa shape index (κ1) is 25.6. The van der Waals surface area contributed by atoms with Gasteiger partial charge in [0.1, 0.15) is 10.6 Å². The molecule has 4 rings (SSSR count). The summed E-state index contributed by atoms with van der Waals surface area (Å²) in [7, 11) is 0. The third kappa shape index (κ3) is 5.70. The van der Waals surface area contributed by atoms with Gasteiger partial charge in [0.2, 0.25) is 0 Å². The second-order valence-corrected chi connectivity index (χ2v) is 9.74. The molecule has 0 unspecified atom stereocenters. The molecule has 0 radical (unpaired) electrons. The highest BCUT2D eigenvalue weighted by Gasteiger charge is 2.40. The molecule has 2 N–H and O–H groups in total. The molecule has 0 spiro atoms. The summed E-state index contributed by atoms with van der Waals surface area (Å²) < 4.78 is 0. The molecule has 0 saturated heterocycles. The minimum Gasteiger partial charge on any atom is -0.350 e. The molecule has 9 nitrogen and oxygen atoms in total. The lowest BCUT2D eigenvalue weighted by Crippen LogP contribution is -2.38. The zero-order valence-corrected chi connectivity index (χ0v) is 21.2. The van der Waals surface area contributed by atoms with Crippen molar-refractivity contribution in [3.8, 4) is 0 Å². The van der Waals surface area contributed by atoms with E-state index in [1.807, 2.05) is 31.2 Å². The van der Waals surface area contributed by atoms with E-state index in [1.165, 1.54) is 40.9 Å². The van der Waals surface area contributed by atoms with Crippen molar-refractivity contribution in [2.75, 3.05) is 10.6 Å². The van der Waals surface area contributed by atoms with Crippen LogP contribution in [0, 0.1) is 17.0 Å². The number of non-ortho nitro benzene ring substituents is 1. The Hall–Kier alpha value is -4.44. The van der Waals surface area contributed by atoms with Gasteiger partial charge in [0.05, 0.1) is 4.92 Å². The second-order valence-electron chi connectivity index (χ2n) is 8.65. The molecule has 0 bridgehead atoms. The SMILES string of the molecule is Cc1ccc(NC2=C(Sc3ccc(NC(=O)c4ccc([N+](=O)[O-])cc4)cc3)C(=O)N(C(C)C)C2=O)cc1. The highest BCUT2D eigenvalue weighted by Crippen LogP contribution is 2.37. The van der Waals surface area contributed by atoms with Crippen molar-refractivity contribution in [2.24, 2.45) is 0 Å². The Labute approximate surface area is 217 Å². The number of nitro benzene ring substituents is 1. The largest absolute Gasteiger partial charge is 0.350 e. The molecule has 1 aliphatic rings. The molecule has 0 aliphatic carbocycles. The fraction of sp³-hybridized carbons (Fsp3) is 0.148. The molecular weight excluding hydrogens is 492 g/mol. The van der Waals surface area contributed by atoms with Crippen LogP contribution < -0.4 is 10.6 Å². The Morgan fingerprint density at radius 1 is 0.892 bits per heavy atom. The van der Waals surface area contributed by atoms with Crippen LogP contribution in [0.3, 0.4) is 0 Å². The van der Waals surface area contributed by atoms with E-state index in [4.69, 9.17) is 0 Å². The molecule has 0 atom stereocenters. The maximum Gasteiger partial charge on any atom is 0.278 e. The monoisotopic (exact) mass is 516 g/mol. The first-order valence-electron chi connectivity index (χ1n) is 11.4. The van der Waals surface area contributed by atoms with Gasteiger partial charge in [0.25, 0.3) is 23.4 Å². The minimum absolute atomic E-state index is 0.0977. The molecule has 3 amide bonds. The Morgan fingerprint density at radius 3 is 2.05 bits per heavy atom. The van der Waals surface area contributed by atoms with Gasteiger partial charge in [-0.15, -0.1) is 0 Å². The van der Waals surface area contributed by atoms with Gasteiger partial charge in [0.15, 0.2) is 0 Å². The first-order valence-corrected chi connectivity index (χ1v) is 12.3. The number of carbonyl (C=O) groups is 3. The molecule has 0 fully saturated rings. The summed E-state index contributed by atoms with van der Waals surface area (Å²) in [5.74, 6) is -1.16. The average molecular weight is 517 g/mol. The first-order chi connectivity index (χ1) is 17.6. The van der Waals surface area contributed by atoms with E-state index in [-0.39, 0.29) is 34.8 Å². The molecular formula is C27H24N4O5S. The summed E-state index contributed by atoms with van der Waals surface area (Å²) in [6.07, 6.45) is 0. The molecule has 3 aromatic rings. The van der Waals surface area contributed by atoms with Crippen molar-refractivity contribution < 1.29 is 19.3 Å². The number of imide groups is 1. The van der Waals surface area contributed by atoms with Crippen molar-refractivity contribution in [3.05, 3.63) is 105 Å². The number of thioether (sulfide) groups is 1. The van der Waals surface area contributed by atoms with Crippen molar-refractivity contribution in [1.29, 1.82) is 0 Å². The van der Waals surface area contributed by atoms with Crippen LogP contribution in [0.2, 0.25) is 0 Å². The van der Waals surface area contributed by atoms with Crippen LogP contribution in [0.25, 0.3) is 0 Å². The van der Waals surface area contributed by atoms with Crippen LogP contribution in [-0.4, -0.2) is 33.6 Å². The summed E-state index contributed by atoms with van der Waals surface area (Å²) in [6.45, 7) is 5.54. The third-order valence-corrected chi connectivity index (χ3v) is 6.67. The van der Waals surface area contributed by atoms with Gasteiger partial charge in [-0.25, -0.2) is 0 Å². The van der Waals surface area contributed by atoms with Gasteiger partial charge in [-0.2, -0.15) is 0 Å². The fourth-order valence-electron chi connectivity index (χ4n) is 3.64. The average Bonchev–Trinajstić information content (AvgIpc) is 3.10. The number of amides is 3. The van der Waals surface area contributed by atoms with E-state index < -0.39 is 10.8 Å². The van der Waals surface area contributed by atoms with E-state index in [9.17, 15) is 24.5 Å². The Kier molecular flexibility index (Phi) is 7.40. The van der Waals surface area contributed by atoms with Crippen LogP contribution in [0.15, 0.2) is 88.3 Å². The van der Waals surface area contributed by atoms with Gasteiger partial charge in [-0.1, -0.05) is 29.5 Å². The van der Waals surface area contributed by atoms with Crippen LogP contribution in [-0.2, 0) is 9.59 Å². The van der Waals surface area contributed by atoms with Gasteiger partial charge in [-0.3, -0.25) is 29.4 Å². The van der Waals surface area contributed by atoms with Crippen LogP contribution >= 0.6 is 11.8 Å². The Balaban J connectivity index is 1.52. The standard InChI is InChI=1S/C27H24N4O5S/c1-16(2)30-26(33)23(28-19-8-4-17(3)5-9-19)24(27(30)34)37-22-14-10-20(11-15-22)29-25(32)18-6-12-21(13-7-18)31(35)36/h4-16,28H,1-3H3,(H,29,32). The molecule has 37 heavy (non-hydrogen) atoms.